The maximum atomic E-state index is 11.4. The molecule has 4 aliphatic carbocycles. The van der Waals surface area contributed by atoms with Crippen LogP contribution in [-0.2, 0) is 37.9 Å². The number of rotatable bonds is 7. The van der Waals surface area contributed by atoms with Gasteiger partial charge in [0.05, 0.1) is 38.1 Å². The van der Waals surface area contributed by atoms with E-state index in [0.717, 1.165) is 45.1 Å². The van der Waals surface area contributed by atoms with Crippen LogP contribution in [-0.4, -0.2) is 165 Å². The minimum atomic E-state index is -1.72. The van der Waals surface area contributed by atoms with Gasteiger partial charge >= 0.3 is 0 Å². The summed E-state index contributed by atoms with van der Waals surface area (Å²) >= 11 is 0. The van der Waals surface area contributed by atoms with Gasteiger partial charge in [-0.25, -0.2) is 0 Å². The molecule has 0 bridgehead atoms. The average Bonchev–Trinajstić information content (AvgIpc) is 3.68. The Balaban J connectivity index is 0.836. The molecule has 60 heavy (non-hydrogen) atoms. The predicted octanol–water partition coefficient (Wildman–Crippen LogP) is 0.853. The Morgan fingerprint density at radius 1 is 0.733 bits per heavy atom. The maximum absolute atomic E-state index is 11.4. The lowest BCUT2D eigenvalue weighted by Crippen LogP contribution is -2.65. The first-order valence-corrected chi connectivity index (χ1v) is 22.8. The van der Waals surface area contributed by atoms with Gasteiger partial charge in [-0.05, 0) is 98.7 Å². The molecule has 8 N–H and O–H groups in total. The van der Waals surface area contributed by atoms with Gasteiger partial charge in [-0.2, -0.15) is 0 Å². The quantitative estimate of drug-likeness (QED) is 0.166. The van der Waals surface area contributed by atoms with E-state index in [2.05, 4.69) is 33.8 Å². The van der Waals surface area contributed by atoms with Gasteiger partial charge in [0.25, 0.3) is 0 Å². The van der Waals surface area contributed by atoms with Crippen LogP contribution in [0.4, 0.5) is 0 Å². The van der Waals surface area contributed by atoms with E-state index in [1.807, 2.05) is 0 Å². The Bertz CT molecular complexity index is 1560. The first-order valence-electron chi connectivity index (χ1n) is 22.8. The van der Waals surface area contributed by atoms with Crippen molar-refractivity contribution >= 4 is 0 Å². The number of aliphatic hydroxyl groups is 8. The number of aliphatic hydroxyl groups excluding tert-OH is 8. The molecule has 16 nitrogen and oxygen atoms in total. The van der Waals surface area contributed by atoms with Crippen molar-refractivity contribution in [2.45, 2.75) is 196 Å². The van der Waals surface area contributed by atoms with Gasteiger partial charge in [0.1, 0.15) is 61.0 Å². The summed E-state index contributed by atoms with van der Waals surface area (Å²) in [5.74, 6) is 2.79. The van der Waals surface area contributed by atoms with Crippen LogP contribution >= 0.6 is 0 Å². The van der Waals surface area contributed by atoms with E-state index in [4.69, 9.17) is 37.9 Å². The molecule has 0 amide bonds. The number of ether oxygens (including phenoxy) is 8. The highest BCUT2D eigenvalue weighted by Crippen LogP contribution is 2.70. The molecule has 5 aliphatic heterocycles. The van der Waals surface area contributed by atoms with Gasteiger partial charge < -0.3 is 78.7 Å². The molecule has 5 heterocycles. The summed E-state index contributed by atoms with van der Waals surface area (Å²) in [5.41, 5.74) is 1.63. The van der Waals surface area contributed by atoms with Crippen molar-refractivity contribution in [3.63, 3.8) is 0 Å². The topological polar surface area (TPSA) is 236 Å². The van der Waals surface area contributed by atoms with E-state index in [1.165, 1.54) is 25.3 Å². The van der Waals surface area contributed by atoms with Gasteiger partial charge in [-0.15, -0.1) is 0 Å². The van der Waals surface area contributed by atoms with Crippen LogP contribution in [0.5, 0.6) is 0 Å². The van der Waals surface area contributed by atoms with Gasteiger partial charge in [-0.3, -0.25) is 0 Å². The fourth-order valence-electron chi connectivity index (χ4n) is 13.7. The molecular weight excluding hydrogens is 784 g/mol. The minimum Gasteiger partial charge on any atom is -0.394 e. The van der Waals surface area contributed by atoms with E-state index in [1.54, 1.807) is 0 Å². The summed E-state index contributed by atoms with van der Waals surface area (Å²) in [4.78, 5) is 0. The second-order valence-electron chi connectivity index (χ2n) is 20.6. The van der Waals surface area contributed by atoms with Crippen molar-refractivity contribution in [2.24, 2.45) is 46.3 Å². The first kappa shape index (κ1) is 44.3. The highest BCUT2D eigenvalue weighted by Gasteiger charge is 2.69. The lowest BCUT2D eigenvalue weighted by atomic mass is 9.47. The monoisotopic (exact) mass is 854 g/mol. The van der Waals surface area contributed by atoms with Crippen molar-refractivity contribution in [3.05, 3.63) is 11.6 Å². The smallest absolute Gasteiger partial charge is 0.187 e. The molecule has 9 aliphatic rings. The molecule has 0 aromatic rings. The number of hydrogen-bond donors (Lipinski definition) is 8. The van der Waals surface area contributed by atoms with Gasteiger partial charge in [0, 0.05) is 12.3 Å². The molecule has 0 aromatic heterocycles. The molecule has 16 heteroatoms. The Morgan fingerprint density at radius 2 is 1.47 bits per heavy atom. The van der Waals surface area contributed by atoms with Gasteiger partial charge in [0.15, 0.2) is 24.7 Å². The van der Waals surface area contributed by atoms with Crippen molar-refractivity contribution in [1.82, 2.24) is 0 Å². The van der Waals surface area contributed by atoms with Crippen molar-refractivity contribution in [1.29, 1.82) is 0 Å². The van der Waals surface area contributed by atoms with E-state index >= 15 is 0 Å². The van der Waals surface area contributed by atoms with E-state index in [9.17, 15) is 40.9 Å². The SMILES string of the molecule is CC1CCC2(OC1)OC1CC3C4CC=C5CC(OC6OC(CO)C(OC7OCC(O)C(O)C7OC7OC(C)C(O)C(O)C7O)C(O)C6O)CCC5(C)C4CCC3(C)C1C2C. The predicted molar refractivity (Wildman–Crippen MR) is 208 cm³/mol. The van der Waals surface area contributed by atoms with E-state index in [0.29, 0.717) is 41.9 Å². The first-order chi connectivity index (χ1) is 28.5. The fraction of sp³-hybridized carbons (Fsp3) is 0.955. The van der Waals surface area contributed by atoms with Crippen LogP contribution < -0.4 is 0 Å². The molecule has 342 valence electrons. The number of hydrogen-bond acceptors (Lipinski definition) is 16. The third kappa shape index (κ3) is 7.19. The van der Waals surface area contributed by atoms with Crippen LogP contribution in [0.1, 0.15) is 92.4 Å². The van der Waals surface area contributed by atoms with Crippen molar-refractivity contribution in [3.8, 4) is 0 Å². The standard InChI is InChI=1S/C44H70O16/c1-19-8-13-44(54-17-19)20(2)30-28(60-44)15-26-24-7-6-22-14-23(9-11-42(22,4)25(24)10-12-43(26,30)5)56-40-36(52)34(50)37(29(16-45)57-40)58-41-38(32(48)27(46)18-53-41)59-39-35(51)33(49)31(47)21(3)55-39/h6,19-21,23-41,45-52H,7-18H2,1-5H3. The summed E-state index contributed by atoms with van der Waals surface area (Å²) in [6.07, 6.45) is -9.06. The average molecular weight is 855 g/mol. The van der Waals surface area contributed by atoms with E-state index < -0.39 is 98.4 Å². The van der Waals surface area contributed by atoms with Gasteiger partial charge in [0.2, 0.25) is 0 Å². The second-order valence-corrected chi connectivity index (χ2v) is 20.6. The third-order valence-corrected chi connectivity index (χ3v) is 17.3. The largest absolute Gasteiger partial charge is 0.394 e. The maximum Gasteiger partial charge on any atom is 0.187 e. The fourth-order valence-corrected chi connectivity index (χ4v) is 13.7. The lowest BCUT2D eigenvalue weighted by Gasteiger charge is -2.58. The van der Waals surface area contributed by atoms with E-state index in [-0.39, 0.29) is 29.6 Å². The van der Waals surface area contributed by atoms with Crippen LogP contribution in [0.2, 0.25) is 0 Å². The molecule has 5 saturated heterocycles. The molecule has 25 unspecified atom stereocenters. The molecule has 25 atom stereocenters. The van der Waals surface area contributed by atoms with Crippen LogP contribution in [0, 0.1) is 46.3 Å². The Morgan fingerprint density at radius 3 is 2.20 bits per heavy atom. The highest BCUT2D eigenvalue weighted by molar-refractivity contribution is 5.26. The third-order valence-electron chi connectivity index (χ3n) is 17.3. The van der Waals surface area contributed by atoms with Crippen LogP contribution in [0.15, 0.2) is 11.6 Å². The molecular formula is C44H70O16. The zero-order valence-electron chi connectivity index (χ0n) is 35.6. The summed E-state index contributed by atoms with van der Waals surface area (Å²) < 4.78 is 49.0. The summed E-state index contributed by atoms with van der Waals surface area (Å²) in [6, 6.07) is 0. The highest BCUT2D eigenvalue weighted by atomic mass is 16.8. The number of fused-ring (bicyclic) bond motifs is 7. The molecule has 9 rings (SSSR count). The Kier molecular flexibility index (Phi) is 12.2. The molecule has 0 radical (unpaired) electrons. The Hall–Kier alpha value is -0.900. The molecule has 1 spiro atoms. The lowest BCUT2D eigenvalue weighted by molar-refractivity contribution is -0.378. The number of allylic oxidation sites excluding steroid dienone is 1. The normalized spacial score (nSPS) is 57.9. The zero-order chi connectivity index (χ0) is 42.6. The molecule has 3 saturated carbocycles. The second kappa shape index (κ2) is 16.5. The van der Waals surface area contributed by atoms with Crippen molar-refractivity contribution < 1.29 is 78.7 Å². The van der Waals surface area contributed by atoms with Crippen LogP contribution in [0.3, 0.4) is 0 Å². The molecule has 0 aromatic carbocycles. The van der Waals surface area contributed by atoms with Crippen molar-refractivity contribution in [2.75, 3.05) is 19.8 Å². The summed E-state index contributed by atoms with van der Waals surface area (Å²) in [6.45, 7) is 10.9. The minimum absolute atomic E-state index is 0.0294. The zero-order valence-corrected chi connectivity index (χ0v) is 35.6. The van der Waals surface area contributed by atoms with Crippen LogP contribution in [0.25, 0.3) is 0 Å². The summed E-state index contributed by atoms with van der Waals surface area (Å²) in [7, 11) is 0. The van der Waals surface area contributed by atoms with Gasteiger partial charge in [-0.1, -0.05) is 39.3 Å². The summed E-state index contributed by atoms with van der Waals surface area (Å²) in [5, 5.41) is 85.5. The molecule has 8 fully saturated rings. The Labute approximate surface area is 352 Å².